The number of carbonyl (C=O) groups is 1. The number of ether oxygens (including phenoxy) is 1. The van der Waals surface area contributed by atoms with Crippen molar-refractivity contribution in [1.82, 2.24) is 5.43 Å². The van der Waals surface area contributed by atoms with Crippen LogP contribution >= 0.6 is 31.9 Å². The molecule has 0 aromatic heterocycles. The number of hydrogen-bond acceptors (Lipinski definition) is 3. The van der Waals surface area contributed by atoms with Gasteiger partial charge in [0.25, 0.3) is 5.91 Å². The first-order valence-electron chi connectivity index (χ1n) is 6.51. The van der Waals surface area contributed by atoms with Gasteiger partial charge in [0.05, 0.1) is 10.7 Å². The first kappa shape index (κ1) is 16.7. The van der Waals surface area contributed by atoms with Crippen molar-refractivity contribution in [2.45, 2.75) is 6.92 Å². The third kappa shape index (κ3) is 5.27. The number of nitrogens with one attached hydrogen (secondary N) is 1. The fraction of sp³-hybridized carbons (Fsp3) is 0.125. The highest BCUT2D eigenvalue weighted by atomic mass is 79.9. The molecule has 4 nitrogen and oxygen atoms in total. The van der Waals surface area contributed by atoms with E-state index in [1.165, 1.54) is 0 Å². The molecule has 6 heteroatoms. The van der Waals surface area contributed by atoms with Crippen molar-refractivity contribution in [2.24, 2.45) is 5.10 Å². The van der Waals surface area contributed by atoms with E-state index in [2.05, 4.69) is 42.4 Å². The number of nitrogens with zero attached hydrogens (tertiary/aromatic N) is 1. The second-order valence-electron chi connectivity index (χ2n) is 4.57. The number of hydrazone groups is 1. The van der Waals surface area contributed by atoms with Crippen LogP contribution in [0.2, 0.25) is 0 Å². The van der Waals surface area contributed by atoms with Crippen LogP contribution in [-0.4, -0.2) is 18.7 Å². The first-order chi connectivity index (χ1) is 10.5. The van der Waals surface area contributed by atoms with Crippen LogP contribution in [0.5, 0.6) is 5.75 Å². The van der Waals surface area contributed by atoms with Gasteiger partial charge < -0.3 is 4.74 Å². The third-order valence-corrected chi connectivity index (χ3v) is 3.81. The van der Waals surface area contributed by atoms with E-state index in [1.54, 1.807) is 12.3 Å². The number of halogens is 2. The lowest BCUT2D eigenvalue weighted by molar-refractivity contribution is -0.123. The zero-order valence-electron chi connectivity index (χ0n) is 11.8. The summed E-state index contributed by atoms with van der Waals surface area (Å²) in [6, 6.07) is 13.3. The van der Waals surface area contributed by atoms with Gasteiger partial charge in [0, 0.05) is 4.47 Å². The van der Waals surface area contributed by atoms with E-state index in [-0.39, 0.29) is 12.5 Å². The normalized spacial score (nSPS) is 10.7. The van der Waals surface area contributed by atoms with Crippen molar-refractivity contribution in [3.8, 4) is 5.75 Å². The highest BCUT2D eigenvalue weighted by Crippen LogP contribution is 2.27. The van der Waals surface area contributed by atoms with Crippen LogP contribution in [-0.2, 0) is 4.79 Å². The molecule has 0 aliphatic carbocycles. The van der Waals surface area contributed by atoms with Gasteiger partial charge >= 0.3 is 0 Å². The monoisotopic (exact) mass is 424 g/mol. The van der Waals surface area contributed by atoms with Gasteiger partial charge in [0.15, 0.2) is 6.61 Å². The molecule has 0 saturated heterocycles. The summed E-state index contributed by atoms with van der Waals surface area (Å²) in [6.45, 7) is 1.89. The molecule has 22 heavy (non-hydrogen) atoms. The summed E-state index contributed by atoms with van der Waals surface area (Å²) in [5.74, 6) is 0.278. The van der Waals surface area contributed by atoms with Crippen LogP contribution in [0.1, 0.15) is 11.1 Å². The molecule has 0 heterocycles. The Kier molecular flexibility index (Phi) is 6.15. The smallest absolute Gasteiger partial charge is 0.277 e. The number of rotatable bonds is 5. The minimum Gasteiger partial charge on any atom is -0.483 e. The minimum atomic E-state index is -0.321. The van der Waals surface area contributed by atoms with E-state index in [4.69, 9.17) is 4.74 Å². The lowest BCUT2D eigenvalue weighted by Gasteiger charge is -2.07. The van der Waals surface area contributed by atoms with Crippen molar-refractivity contribution in [2.75, 3.05) is 6.61 Å². The Morgan fingerprint density at radius 2 is 2.09 bits per heavy atom. The lowest BCUT2D eigenvalue weighted by atomic mass is 10.2. The zero-order chi connectivity index (χ0) is 15.9. The average molecular weight is 426 g/mol. The van der Waals surface area contributed by atoms with Crippen LogP contribution < -0.4 is 10.2 Å². The van der Waals surface area contributed by atoms with Crippen molar-refractivity contribution < 1.29 is 9.53 Å². The van der Waals surface area contributed by atoms with E-state index in [0.29, 0.717) is 5.75 Å². The van der Waals surface area contributed by atoms with Crippen LogP contribution in [0.25, 0.3) is 0 Å². The molecule has 0 spiro atoms. The molecule has 0 atom stereocenters. The van der Waals surface area contributed by atoms with E-state index < -0.39 is 0 Å². The van der Waals surface area contributed by atoms with Gasteiger partial charge in [-0.15, -0.1) is 0 Å². The average Bonchev–Trinajstić information content (AvgIpc) is 2.46. The number of aryl methyl sites for hydroxylation is 1. The van der Waals surface area contributed by atoms with Crippen molar-refractivity contribution in [3.63, 3.8) is 0 Å². The Bertz CT molecular complexity index is 702. The first-order valence-corrected chi connectivity index (χ1v) is 8.09. The fourth-order valence-electron chi connectivity index (χ4n) is 1.70. The van der Waals surface area contributed by atoms with Gasteiger partial charge in [-0.2, -0.15) is 5.10 Å². The highest BCUT2D eigenvalue weighted by molar-refractivity contribution is 9.11. The molecular formula is C16H14Br2N2O2. The molecular weight excluding hydrogens is 412 g/mol. The topological polar surface area (TPSA) is 50.7 Å². The second kappa shape index (κ2) is 8.10. The van der Waals surface area contributed by atoms with Crippen molar-refractivity contribution in [1.29, 1.82) is 0 Å². The summed E-state index contributed by atoms with van der Waals surface area (Å²) in [5, 5.41) is 3.91. The molecule has 0 fully saturated rings. The second-order valence-corrected chi connectivity index (χ2v) is 6.34. The van der Waals surface area contributed by atoms with E-state index in [1.807, 2.05) is 43.3 Å². The SMILES string of the molecule is Cc1cccc(C=NNC(=O)COc2ccc(Br)cc2Br)c1. The van der Waals surface area contributed by atoms with Crippen LogP contribution in [0, 0.1) is 6.92 Å². The van der Waals surface area contributed by atoms with Crippen LogP contribution in [0.15, 0.2) is 56.5 Å². The molecule has 2 aromatic rings. The summed E-state index contributed by atoms with van der Waals surface area (Å²) in [7, 11) is 0. The van der Waals surface area contributed by atoms with Crippen molar-refractivity contribution >= 4 is 44.0 Å². The Morgan fingerprint density at radius 1 is 1.27 bits per heavy atom. The molecule has 0 radical (unpaired) electrons. The van der Waals surface area contributed by atoms with E-state index >= 15 is 0 Å². The standard InChI is InChI=1S/C16H14Br2N2O2/c1-11-3-2-4-12(7-11)9-19-20-16(21)10-22-15-6-5-13(17)8-14(15)18/h2-9H,10H2,1H3,(H,20,21). The predicted octanol–water partition coefficient (Wildman–Crippen LogP) is 4.05. The van der Waals surface area contributed by atoms with E-state index in [9.17, 15) is 4.79 Å². The fourth-order valence-corrected chi connectivity index (χ4v) is 2.86. The number of hydrogen-bond donors (Lipinski definition) is 1. The number of carbonyl (C=O) groups excluding carboxylic acids is 1. The number of amides is 1. The molecule has 2 aromatic carbocycles. The maximum absolute atomic E-state index is 11.7. The quantitative estimate of drug-likeness (QED) is 0.580. The molecule has 114 valence electrons. The largest absolute Gasteiger partial charge is 0.483 e. The maximum Gasteiger partial charge on any atom is 0.277 e. The van der Waals surface area contributed by atoms with E-state index in [0.717, 1.165) is 20.1 Å². The van der Waals surface area contributed by atoms with Crippen molar-refractivity contribution in [3.05, 3.63) is 62.5 Å². The van der Waals surface area contributed by atoms with Crippen LogP contribution in [0.3, 0.4) is 0 Å². The van der Waals surface area contributed by atoms with Crippen LogP contribution in [0.4, 0.5) is 0 Å². The Hall–Kier alpha value is -1.66. The van der Waals surface area contributed by atoms with Gasteiger partial charge in [-0.25, -0.2) is 5.43 Å². The highest BCUT2D eigenvalue weighted by Gasteiger charge is 2.05. The Morgan fingerprint density at radius 3 is 2.82 bits per heavy atom. The molecule has 0 bridgehead atoms. The predicted molar refractivity (Wildman–Crippen MR) is 94.3 cm³/mol. The Balaban J connectivity index is 1.83. The zero-order valence-corrected chi connectivity index (χ0v) is 15.0. The summed E-state index contributed by atoms with van der Waals surface area (Å²) < 4.78 is 7.13. The molecule has 1 amide bonds. The Labute approximate surface area is 145 Å². The summed E-state index contributed by atoms with van der Waals surface area (Å²) in [5.41, 5.74) is 4.50. The summed E-state index contributed by atoms with van der Waals surface area (Å²) in [6.07, 6.45) is 1.60. The molecule has 0 aliphatic rings. The van der Waals surface area contributed by atoms with Gasteiger partial charge in [-0.1, -0.05) is 45.8 Å². The molecule has 1 N–H and O–H groups in total. The van der Waals surface area contributed by atoms with Gasteiger partial charge in [0.1, 0.15) is 5.75 Å². The lowest BCUT2D eigenvalue weighted by Crippen LogP contribution is -2.24. The maximum atomic E-state index is 11.7. The third-order valence-electron chi connectivity index (χ3n) is 2.70. The molecule has 2 rings (SSSR count). The van der Waals surface area contributed by atoms with Gasteiger partial charge in [0.2, 0.25) is 0 Å². The summed E-state index contributed by atoms with van der Waals surface area (Å²) >= 11 is 6.72. The minimum absolute atomic E-state index is 0.106. The molecule has 0 aliphatic heterocycles. The molecule has 0 saturated carbocycles. The molecule has 0 unspecified atom stereocenters. The summed E-state index contributed by atoms with van der Waals surface area (Å²) in [4.78, 5) is 11.7. The van der Waals surface area contributed by atoms with Gasteiger partial charge in [-0.05, 0) is 46.6 Å². The van der Waals surface area contributed by atoms with Gasteiger partial charge in [-0.3, -0.25) is 4.79 Å². The number of benzene rings is 2.